The Balaban J connectivity index is 1.74. The molecule has 26 heavy (non-hydrogen) atoms. The summed E-state index contributed by atoms with van der Waals surface area (Å²) in [6, 6.07) is 14.9. The summed E-state index contributed by atoms with van der Waals surface area (Å²) in [4.78, 5) is 26.6. The fraction of sp³-hybridized carbons (Fsp3) is 0.0556. The predicted molar refractivity (Wildman–Crippen MR) is 101 cm³/mol. The van der Waals surface area contributed by atoms with Gasteiger partial charge >= 0.3 is 5.76 Å². The van der Waals surface area contributed by atoms with Gasteiger partial charge in [0.2, 0.25) is 0 Å². The first-order valence-corrected chi connectivity index (χ1v) is 8.54. The summed E-state index contributed by atoms with van der Waals surface area (Å²) in [6.07, 6.45) is 0. The highest BCUT2D eigenvalue weighted by molar-refractivity contribution is 9.10. The van der Waals surface area contributed by atoms with Gasteiger partial charge in [-0.1, -0.05) is 39.3 Å². The third kappa shape index (κ3) is 2.84. The largest absolute Gasteiger partial charge is 0.439 e. The average molecular weight is 413 g/mol. The summed E-state index contributed by atoms with van der Waals surface area (Å²) in [5, 5.41) is 7.56. The van der Waals surface area contributed by atoms with Crippen LogP contribution in [0.1, 0.15) is 10.5 Å². The van der Waals surface area contributed by atoms with Crippen LogP contribution in [0.3, 0.4) is 0 Å². The van der Waals surface area contributed by atoms with E-state index in [2.05, 4.69) is 35.9 Å². The molecule has 2 heterocycles. The van der Waals surface area contributed by atoms with Gasteiger partial charge in [-0.3, -0.25) is 14.3 Å². The van der Waals surface area contributed by atoms with E-state index < -0.39 is 5.76 Å². The van der Waals surface area contributed by atoms with Crippen molar-refractivity contribution in [3.63, 3.8) is 0 Å². The van der Waals surface area contributed by atoms with E-state index in [9.17, 15) is 9.59 Å². The van der Waals surface area contributed by atoms with E-state index in [1.165, 1.54) is 0 Å². The maximum Gasteiger partial charge on any atom is 0.439 e. The number of rotatable bonds is 3. The zero-order valence-electron chi connectivity index (χ0n) is 13.6. The van der Waals surface area contributed by atoms with Gasteiger partial charge in [0, 0.05) is 28.0 Å². The Morgan fingerprint density at radius 3 is 2.77 bits per heavy atom. The summed E-state index contributed by atoms with van der Waals surface area (Å²) >= 11 is 3.38. The molecule has 0 saturated heterocycles. The summed E-state index contributed by atoms with van der Waals surface area (Å²) in [6.45, 7) is 0. The number of aryl methyl sites for hydroxylation is 1. The number of hydrogen-bond acceptors (Lipinski definition) is 4. The van der Waals surface area contributed by atoms with Gasteiger partial charge in [-0.25, -0.2) is 4.79 Å². The number of carbonyl (C=O) groups is 1. The first-order chi connectivity index (χ1) is 12.5. The molecule has 0 saturated carbocycles. The fourth-order valence-corrected chi connectivity index (χ4v) is 3.22. The number of amides is 1. The molecule has 130 valence electrons. The molecule has 7 nitrogen and oxygen atoms in total. The van der Waals surface area contributed by atoms with Gasteiger partial charge in [0.1, 0.15) is 5.69 Å². The Morgan fingerprint density at radius 1 is 1.23 bits per heavy atom. The molecule has 0 radical (unpaired) electrons. The minimum absolute atomic E-state index is 0.239. The Morgan fingerprint density at radius 2 is 2.04 bits per heavy atom. The second kappa shape index (κ2) is 6.30. The zero-order chi connectivity index (χ0) is 18.3. The summed E-state index contributed by atoms with van der Waals surface area (Å²) < 4.78 is 7.18. The van der Waals surface area contributed by atoms with Gasteiger partial charge < -0.3 is 9.88 Å². The van der Waals surface area contributed by atoms with E-state index in [-0.39, 0.29) is 11.7 Å². The number of nitrogens with one attached hydrogen (secondary N) is 2. The molecule has 0 unspecified atom stereocenters. The Labute approximate surface area is 155 Å². The number of para-hydroxylation sites is 1. The highest BCUT2D eigenvalue weighted by atomic mass is 79.9. The van der Waals surface area contributed by atoms with Crippen molar-refractivity contribution in [1.82, 2.24) is 14.7 Å². The molecule has 2 aromatic carbocycles. The number of hydrogen-bond donors (Lipinski definition) is 2. The number of aromatic nitrogens is 3. The molecule has 0 atom stereocenters. The number of carbonyl (C=O) groups excluding carboxylic acids is 1. The molecule has 0 aliphatic carbocycles. The van der Waals surface area contributed by atoms with Crippen LogP contribution in [0.15, 0.2) is 62.3 Å². The standard InChI is InChI=1S/C18H13BrN4O3/c1-23-14-5-3-2-4-10(14)8-15(23)17(24)20-13-7-6-11(19)9-12(13)16-21-18(25)26-22-16/h2-9H,1H3,(H,20,24)(H,21,22,25). The van der Waals surface area contributed by atoms with Gasteiger partial charge in [0.05, 0.1) is 5.69 Å². The Kier molecular flexibility index (Phi) is 3.96. The molecule has 2 N–H and O–H groups in total. The fourth-order valence-electron chi connectivity index (χ4n) is 2.86. The van der Waals surface area contributed by atoms with Gasteiger partial charge in [0.15, 0.2) is 5.82 Å². The van der Waals surface area contributed by atoms with Crippen molar-refractivity contribution in [2.75, 3.05) is 5.32 Å². The number of benzene rings is 2. The quantitative estimate of drug-likeness (QED) is 0.538. The lowest BCUT2D eigenvalue weighted by Crippen LogP contribution is -2.16. The number of aromatic amines is 1. The molecule has 1 amide bonds. The smallest absolute Gasteiger partial charge is 0.340 e. The number of nitrogens with zero attached hydrogens (tertiary/aromatic N) is 2. The minimum Gasteiger partial charge on any atom is -0.340 e. The third-order valence-electron chi connectivity index (χ3n) is 4.11. The van der Waals surface area contributed by atoms with Crippen molar-refractivity contribution in [1.29, 1.82) is 0 Å². The molecule has 0 aliphatic heterocycles. The maximum absolute atomic E-state index is 12.8. The second-order valence-electron chi connectivity index (χ2n) is 5.74. The lowest BCUT2D eigenvalue weighted by atomic mass is 10.1. The Bertz CT molecular complexity index is 1190. The predicted octanol–water partition coefficient (Wildman–Crippen LogP) is 3.54. The normalized spacial score (nSPS) is 11.0. The zero-order valence-corrected chi connectivity index (χ0v) is 15.2. The van der Waals surface area contributed by atoms with E-state index in [0.29, 0.717) is 16.9 Å². The van der Waals surface area contributed by atoms with Gasteiger partial charge in [0.25, 0.3) is 5.91 Å². The van der Waals surface area contributed by atoms with E-state index in [4.69, 9.17) is 0 Å². The molecule has 4 aromatic rings. The van der Waals surface area contributed by atoms with Crippen molar-refractivity contribution in [3.05, 3.63) is 69.2 Å². The SMILES string of the molecule is Cn1c(C(=O)Nc2ccc(Br)cc2-c2noc(=O)[nH]2)cc2ccccc21. The molecule has 0 spiro atoms. The van der Waals surface area contributed by atoms with Crippen molar-refractivity contribution in [3.8, 4) is 11.4 Å². The lowest BCUT2D eigenvalue weighted by molar-refractivity contribution is 0.102. The highest BCUT2D eigenvalue weighted by Gasteiger charge is 2.17. The molecule has 0 bridgehead atoms. The molecule has 4 rings (SSSR count). The third-order valence-corrected chi connectivity index (χ3v) is 4.60. The van der Waals surface area contributed by atoms with Crippen molar-refractivity contribution < 1.29 is 9.32 Å². The first-order valence-electron chi connectivity index (χ1n) is 7.74. The van der Waals surface area contributed by atoms with E-state index >= 15 is 0 Å². The molecule has 2 aromatic heterocycles. The Hall–Kier alpha value is -3.13. The number of anilines is 1. The van der Waals surface area contributed by atoms with Crippen LogP contribution in [-0.2, 0) is 7.05 Å². The van der Waals surface area contributed by atoms with E-state index in [1.54, 1.807) is 18.2 Å². The van der Waals surface area contributed by atoms with E-state index in [1.807, 2.05) is 41.9 Å². The van der Waals surface area contributed by atoms with Gasteiger partial charge in [-0.15, -0.1) is 0 Å². The summed E-state index contributed by atoms with van der Waals surface area (Å²) in [5.41, 5.74) is 2.54. The summed E-state index contributed by atoms with van der Waals surface area (Å²) in [7, 11) is 1.84. The molecular weight excluding hydrogens is 400 g/mol. The number of fused-ring (bicyclic) bond motifs is 1. The van der Waals surface area contributed by atoms with Crippen LogP contribution >= 0.6 is 15.9 Å². The van der Waals surface area contributed by atoms with Crippen LogP contribution in [0.4, 0.5) is 5.69 Å². The van der Waals surface area contributed by atoms with Crippen LogP contribution < -0.4 is 11.1 Å². The monoisotopic (exact) mass is 412 g/mol. The van der Waals surface area contributed by atoms with Crippen LogP contribution in [-0.4, -0.2) is 20.6 Å². The van der Waals surface area contributed by atoms with Crippen LogP contribution in [0, 0.1) is 0 Å². The number of halogens is 1. The second-order valence-corrected chi connectivity index (χ2v) is 6.65. The lowest BCUT2D eigenvalue weighted by Gasteiger charge is -2.10. The minimum atomic E-state index is -0.661. The molecule has 0 fully saturated rings. The van der Waals surface area contributed by atoms with Crippen LogP contribution in [0.25, 0.3) is 22.3 Å². The van der Waals surface area contributed by atoms with Crippen molar-refractivity contribution >= 4 is 38.4 Å². The van der Waals surface area contributed by atoms with Gasteiger partial charge in [-0.2, -0.15) is 0 Å². The topological polar surface area (TPSA) is 92.9 Å². The van der Waals surface area contributed by atoms with E-state index in [0.717, 1.165) is 15.4 Å². The van der Waals surface area contributed by atoms with Crippen LogP contribution in [0.5, 0.6) is 0 Å². The van der Waals surface area contributed by atoms with Gasteiger partial charge in [-0.05, 0) is 30.3 Å². The first kappa shape index (κ1) is 16.3. The average Bonchev–Trinajstić information content (AvgIpc) is 3.20. The molecular formula is C18H13BrN4O3. The van der Waals surface area contributed by atoms with Crippen molar-refractivity contribution in [2.45, 2.75) is 0 Å². The number of H-pyrrole nitrogens is 1. The highest BCUT2D eigenvalue weighted by Crippen LogP contribution is 2.29. The summed E-state index contributed by atoms with van der Waals surface area (Å²) in [5.74, 6) is -0.687. The molecule has 0 aliphatic rings. The molecule has 8 heteroatoms. The maximum atomic E-state index is 12.8. The van der Waals surface area contributed by atoms with Crippen molar-refractivity contribution in [2.24, 2.45) is 7.05 Å². The van der Waals surface area contributed by atoms with Crippen LogP contribution in [0.2, 0.25) is 0 Å².